The number of terminal acetylenes is 1. The van der Waals surface area contributed by atoms with Crippen LogP contribution in [0.2, 0.25) is 0 Å². The molecule has 0 aromatic heterocycles. The summed E-state index contributed by atoms with van der Waals surface area (Å²) in [6.07, 6.45) is 11.7. The lowest BCUT2D eigenvalue weighted by Crippen LogP contribution is -2.29. The van der Waals surface area contributed by atoms with Crippen molar-refractivity contribution in [3.05, 3.63) is 113 Å². The largest absolute Gasteiger partial charge is 0.489 e. The van der Waals surface area contributed by atoms with E-state index in [0.717, 1.165) is 64.5 Å². The van der Waals surface area contributed by atoms with Crippen LogP contribution in [0.1, 0.15) is 55.4 Å². The van der Waals surface area contributed by atoms with Gasteiger partial charge in [-0.25, -0.2) is 4.39 Å². The first kappa shape index (κ1) is 34.4. The summed E-state index contributed by atoms with van der Waals surface area (Å²) in [6.45, 7) is 11.8. The highest BCUT2D eigenvalue weighted by molar-refractivity contribution is 5.77. The number of nitriles is 1. The number of carbonyl (C=O) groups is 1. The monoisotopic (exact) mass is 582 g/mol. The van der Waals surface area contributed by atoms with Crippen LogP contribution >= 0.6 is 0 Å². The number of rotatable bonds is 10. The Hall–Kier alpha value is -4.85. The molecule has 224 valence electrons. The predicted molar refractivity (Wildman–Crippen MR) is 169 cm³/mol. The van der Waals surface area contributed by atoms with E-state index in [4.69, 9.17) is 19.4 Å². The third-order valence-electron chi connectivity index (χ3n) is 7.10. The van der Waals surface area contributed by atoms with Gasteiger partial charge in [-0.2, -0.15) is 5.26 Å². The highest BCUT2D eigenvalue weighted by Gasteiger charge is 2.15. The van der Waals surface area contributed by atoms with E-state index in [1.807, 2.05) is 36.4 Å². The molecule has 43 heavy (non-hydrogen) atoms. The second-order valence-electron chi connectivity index (χ2n) is 9.97. The van der Waals surface area contributed by atoms with E-state index in [1.165, 1.54) is 31.4 Å². The molecule has 0 atom stereocenters. The van der Waals surface area contributed by atoms with Gasteiger partial charge < -0.3 is 14.6 Å². The van der Waals surface area contributed by atoms with Crippen molar-refractivity contribution >= 4 is 12.0 Å². The number of benzene rings is 3. The van der Waals surface area contributed by atoms with Gasteiger partial charge in [0.1, 0.15) is 36.6 Å². The van der Waals surface area contributed by atoms with Crippen LogP contribution in [0.3, 0.4) is 0 Å². The molecule has 0 aliphatic carbocycles. The van der Waals surface area contributed by atoms with Gasteiger partial charge in [-0.1, -0.05) is 55.5 Å². The van der Waals surface area contributed by atoms with Crippen LogP contribution in [0.15, 0.2) is 84.5 Å². The second kappa shape index (κ2) is 18.6. The molecule has 1 saturated heterocycles. The molecule has 6 nitrogen and oxygen atoms in total. The zero-order valence-electron chi connectivity index (χ0n) is 24.9. The van der Waals surface area contributed by atoms with Crippen LogP contribution in [0.25, 0.3) is 5.57 Å². The molecule has 3 aromatic rings. The van der Waals surface area contributed by atoms with E-state index in [1.54, 1.807) is 6.07 Å². The van der Waals surface area contributed by atoms with Crippen molar-refractivity contribution in [1.82, 2.24) is 4.90 Å². The maximum atomic E-state index is 13.8. The van der Waals surface area contributed by atoms with E-state index in [9.17, 15) is 9.65 Å². The molecule has 1 fully saturated rings. The Balaban J connectivity index is 0.00000121. The van der Waals surface area contributed by atoms with Gasteiger partial charge in [-0.15, -0.1) is 12.8 Å². The number of piperidine rings is 1. The van der Waals surface area contributed by atoms with Crippen LogP contribution in [0.4, 0.5) is 4.39 Å². The van der Waals surface area contributed by atoms with Crippen molar-refractivity contribution in [1.29, 1.82) is 5.26 Å². The molecule has 0 saturated carbocycles. The number of ether oxygens (including phenoxy) is 2. The molecule has 0 bridgehead atoms. The number of hydrogen-bond donors (Lipinski definition) is 1. The summed E-state index contributed by atoms with van der Waals surface area (Å²) in [4.78, 5) is 10.8. The summed E-state index contributed by atoms with van der Waals surface area (Å²) in [5.74, 6) is 0.936. The van der Waals surface area contributed by atoms with Crippen molar-refractivity contribution in [3.63, 3.8) is 0 Å². The van der Waals surface area contributed by atoms with Crippen LogP contribution in [0.5, 0.6) is 11.5 Å². The van der Waals surface area contributed by atoms with E-state index in [-0.39, 0.29) is 18.6 Å². The highest BCUT2D eigenvalue weighted by Crippen LogP contribution is 2.29. The summed E-state index contributed by atoms with van der Waals surface area (Å²) < 4.78 is 26.2. The minimum atomic E-state index is -0.522. The van der Waals surface area contributed by atoms with E-state index < -0.39 is 5.82 Å². The maximum absolute atomic E-state index is 13.8. The Morgan fingerprint density at radius 1 is 1.05 bits per heavy atom. The first-order valence-electron chi connectivity index (χ1n) is 14.0. The molecule has 3 aromatic carbocycles. The zero-order valence-corrected chi connectivity index (χ0v) is 24.9. The van der Waals surface area contributed by atoms with E-state index in [0.29, 0.717) is 6.61 Å². The number of carboxylic acid groups (broad SMARTS) is 1. The van der Waals surface area contributed by atoms with Gasteiger partial charge in [0, 0.05) is 18.2 Å². The van der Waals surface area contributed by atoms with Crippen molar-refractivity contribution in [2.75, 3.05) is 19.7 Å². The van der Waals surface area contributed by atoms with Gasteiger partial charge in [0.25, 0.3) is 6.47 Å². The first-order valence-corrected chi connectivity index (χ1v) is 14.0. The Bertz CT molecular complexity index is 1430. The highest BCUT2D eigenvalue weighted by atomic mass is 19.1. The minimum absolute atomic E-state index is 0.0199. The predicted octanol–water partition coefficient (Wildman–Crippen LogP) is 7.64. The number of hydrogen-bond acceptors (Lipinski definition) is 5. The summed E-state index contributed by atoms with van der Waals surface area (Å²) >= 11 is 0. The van der Waals surface area contributed by atoms with Crippen LogP contribution in [-0.2, 0) is 17.9 Å². The fraction of sp³-hybridized carbons (Fsp3) is 0.278. The zero-order chi connectivity index (χ0) is 31.6. The van der Waals surface area contributed by atoms with Crippen molar-refractivity contribution in [3.8, 4) is 30.4 Å². The Labute approximate surface area is 254 Å². The lowest BCUT2D eigenvalue weighted by Gasteiger charge is -2.27. The van der Waals surface area contributed by atoms with Gasteiger partial charge in [-0.05, 0) is 85.8 Å². The second-order valence-corrected chi connectivity index (χ2v) is 9.97. The minimum Gasteiger partial charge on any atom is -0.489 e. The Morgan fingerprint density at radius 3 is 2.37 bits per heavy atom. The van der Waals surface area contributed by atoms with E-state index >= 15 is 0 Å². The van der Waals surface area contributed by atoms with E-state index in [2.05, 4.69) is 56.4 Å². The average Bonchev–Trinajstić information content (AvgIpc) is 3.05. The van der Waals surface area contributed by atoms with Crippen LogP contribution in [-0.4, -0.2) is 36.2 Å². The number of halogens is 1. The van der Waals surface area contributed by atoms with Gasteiger partial charge in [0.15, 0.2) is 0 Å². The maximum Gasteiger partial charge on any atom is 0.290 e. The average molecular weight is 583 g/mol. The molecule has 0 radical (unpaired) electrons. The number of allylic oxidation sites excluding steroid dienone is 2. The molecular weight excluding hydrogens is 543 g/mol. The molecule has 1 aliphatic rings. The molecule has 0 spiro atoms. The summed E-state index contributed by atoms with van der Waals surface area (Å²) in [5, 5.41) is 16.1. The van der Waals surface area contributed by atoms with Crippen LogP contribution in [0, 0.1) is 30.0 Å². The van der Waals surface area contributed by atoms with Gasteiger partial charge in [-0.3, -0.25) is 9.69 Å². The molecule has 1 aliphatic heterocycles. The van der Waals surface area contributed by atoms with Gasteiger partial charge in [0.2, 0.25) is 0 Å². The molecule has 4 rings (SSSR count). The SMILES string of the molecule is C#C.C=C(/C(C)=C(\C)COc1ccc(CN2CCCCC2)c(OCc2ccc(F)c(C#N)c2)c1)c1ccccc1.O=CO. The fourth-order valence-electron chi connectivity index (χ4n) is 4.57. The Morgan fingerprint density at radius 2 is 1.72 bits per heavy atom. The first-order chi connectivity index (χ1) is 20.9. The summed E-state index contributed by atoms with van der Waals surface area (Å²) in [7, 11) is 0. The Kier molecular flexibility index (Phi) is 14.8. The molecule has 1 N–H and O–H groups in total. The quantitative estimate of drug-likeness (QED) is 0.150. The van der Waals surface area contributed by atoms with Crippen molar-refractivity contribution in [2.24, 2.45) is 0 Å². The standard InChI is InChI=1S/C33H35FN2O2.C2H2.CH2O2/c1-24(25(2)26(3)28-10-6-4-7-11-28)22-37-31-14-13-29(21-36-16-8-5-9-17-36)33(19-31)38-23-27-12-15-32(34)30(18-27)20-35;1-2;2-1-3/h4,6-7,10-15,18-19H,3,5,8-9,16-17,21-23H2,1-2H3;1-2H;1H,(H,2,3)/b25-24+;;. The normalized spacial score (nSPS) is 13.0. The molecule has 0 unspecified atom stereocenters. The molecule has 7 heteroatoms. The molecule has 1 heterocycles. The lowest BCUT2D eigenvalue weighted by molar-refractivity contribution is -0.122. The topological polar surface area (TPSA) is 82.8 Å². The van der Waals surface area contributed by atoms with Gasteiger partial charge >= 0.3 is 0 Å². The smallest absolute Gasteiger partial charge is 0.290 e. The third kappa shape index (κ3) is 10.8. The van der Waals surface area contributed by atoms with Crippen molar-refractivity contribution < 1.29 is 23.8 Å². The van der Waals surface area contributed by atoms with Crippen molar-refractivity contribution in [2.45, 2.75) is 46.3 Å². The fourth-order valence-corrected chi connectivity index (χ4v) is 4.57. The third-order valence-corrected chi connectivity index (χ3v) is 7.10. The lowest BCUT2D eigenvalue weighted by atomic mass is 9.97. The van der Waals surface area contributed by atoms with Gasteiger partial charge in [0.05, 0.1) is 5.56 Å². The van der Waals surface area contributed by atoms with Crippen LogP contribution < -0.4 is 9.47 Å². The summed E-state index contributed by atoms with van der Waals surface area (Å²) in [6, 6.07) is 22.5. The summed E-state index contributed by atoms with van der Waals surface area (Å²) in [5.41, 5.74) is 6.15. The number of nitrogens with zero attached hydrogens (tertiary/aromatic N) is 2. The molecular formula is C36H39FN2O4. The number of likely N-dealkylation sites (tertiary alicyclic amines) is 1. The molecule has 0 amide bonds.